The van der Waals surface area contributed by atoms with Gasteiger partial charge in [0.1, 0.15) is 0 Å². The van der Waals surface area contributed by atoms with Crippen molar-refractivity contribution in [3.05, 3.63) is 56.9 Å². The number of carbonyl (C=O) groups is 1. The Morgan fingerprint density at radius 3 is 3.16 bits per heavy atom. The molecule has 1 saturated heterocycles. The first-order valence-electron chi connectivity index (χ1n) is 8.60. The smallest absolute Gasteiger partial charge is 0.259 e. The number of H-pyrrole nitrogens is 1. The van der Waals surface area contributed by atoms with Crippen LogP contribution in [0.1, 0.15) is 42.3 Å². The van der Waals surface area contributed by atoms with Crippen LogP contribution in [0, 0.1) is 0 Å². The summed E-state index contributed by atoms with van der Waals surface area (Å²) in [6, 6.07) is 5.61. The van der Waals surface area contributed by atoms with Crippen molar-refractivity contribution in [2.75, 3.05) is 6.54 Å². The van der Waals surface area contributed by atoms with Crippen LogP contribution >= 0.6 is 11.3 Å². The van der Waals surface area contributed by atoms with Gasteiger partial charge in [0.05, 0.1) is 6.04 Å². The third-order valence-electron chi connectivity index (χ3n) is 4.76. The Balaban J connectivity index is 1.57. The number of hydrogen-bond acceptors (Lipinski definition) is 4. The predicted octanol–water partition coefficient (Wildman–Crippen LogP) is 2.77. The lowest BCUT2D eigenvalue weighted by molar-refractivity contribution is -0.135. The molecule has 0 unspecified atom stereocenters. The number of rotatable bonds is 4. The van der Waals surface area contributed by atoms with Crippen LogP contribution in [-0.4, -0.2) is 31.7 Å². The Hall–Kier alpha value is -2.41. The maximum absolute atomic E-state index is 12.8. The number of hydrogen-bond donors (Lipinski definition) is 1. The Bertz CT molecular complexity index is 928. The van der Waals surface area contributed by atoms with Crippen LogP contribution in [0.25, 0.3) is 5.78 Å². The van der Waals surface area contributed by atoms with Gasteiger partial charge in [-0.3, -0.25) is 14.0 Å². The van der Waals surface area contributed by atoms with Crippen molar-refractivity contribution in [3.63, 3.8) is 0 Å². The van der Waals surface area contributed by atoms with Crippen LogP contribution in [0.5, 0.6) is 0 Å². The number of thiophene rings is 1. The molecule has 25 heavy (non-hydrogen) atoms. The van der Waals surface area contributed by atoms with Gasteiger partial charge in [0.25, 0.3) is 5.56 Å². The summed E-state index contributed by atoms with van der Waals surface area (Å²) >= 11 is 1.68. The fourth-order valence-electron chi connectivity index (χ4n) is 3.50. The molecule has 1 atom stereocenters. The number of likely N-dealkylation sites (tertiary alicyclic amines) is 1. The third kappa shape index (κ3) is 3.24. The highest BCUT2D eigenvalue weighted by atomic mass is 32.1. The minimum absolute atomic E-state index is 0.0704. The number of imidazole rings is 1. The molecule has 1 N–H and O–H groups in total. The van der Waals surface area contributed by atoms with Gasteiger partial charge in [-0.1, -0.05) is 6.07 Å². The summed E-state index contributed by atoms with van der Waals surface area (Å²) in [5.74, 6) is 0.682. The second-order valence-electron chi connectivity index (χ2n) is 6.36. The van der Waals surface area contributed by atoms with Gasteiger partial charge in [-0.2, -0.15) is 0 Å². The van der Waals surface area contributed by atoms with Crippen molar-refractivity contribution in [1.82, 2.24) is 19.3 Å². The number of nitrogens with zero attached hydrogens (tertiary/aromatic N) is 3. The quantitative estimate of drug-likeness (QED) is 0.781. The van der Waals surface area contributed by atoms with Crippen molar-refractivity contribution in [1.29, 1.82) is 0 Å². The number of nitrogens with one attached hydrogen (secondary N) is 1. The molecule has 0 aliphatic carbocycles. The number of carbonyl (C=O) groups excluding carboxylic acids is 1. The summed E-state index contributed by atoms with van der Waals surface area (Å²) in [4.78, 5) is 35.6. The number of amides is 1. The van der Waals surface area contributed by atoms with Gasteiger partial charge in [0, 0.05) is 42.0 Å². The zero-order valence-electron chi connectivity index (χ0n) is 13.9. The number of aromatic amines is 1. The van der Waals surface area contributed by atoms with Crippen LogP contribution < -0.4 is 5.56 Å². The van der Waals surface area contributed by atoms with Crippen molar-refractivity contribution in [2.24, 2.45) is 0 Å². The largest absolute Gasteiger partial charge is 0.334 e. The highest BCUT2D eigenvalue weighted by Gasteiger charge is 2.28. The predicted molar refractivity (Wildman–Crippen MR) is 96.8 cm³/mol. The summed E-state index contributed by atoms with van der Waals surface area (Å²) in [6.45, 7) is 0.746. The van der Waals surface area contributed by atoms with Gasteiger partial charge >= 0.3 is 0 Å². The van der Waals surface area contributed by atoms with Gasteiger partial charge in [-0.25, -0.2) is 4.98 Å². The molecule has 4 rings (SSSR count). The zero-order valence-corrected chi connectivity index (χ0v) is 14.7. The van der Waals surface area contributed by atoms with Gasteiger partial charge in [0.15, 0.2) is 0 Å². The molecule has 1 aliphatic heterocycles. The first kappa shape index (κ1) is 16.1. The van der Waals surface area contributed by atoms with E-state index in [0.717, 1.165) is 37.9 Å². The van der Waals surface area contributed by atoms with E-state index in [9.17, 15) is 9.59 Å². The molecule has 4 heterocycles. The van der Waals surface area contributed by atoms with Crippen LogP contribution in [0.15, 0.2) is 40.8 Å². The molecule has 1 aliphatic rings. The monoisotopic (exact) mass is 356 g/mol. The van der Waals surface area contributed by atoms with Crippen molar-refractivity contribution in [2.45, 2.75) is 38.1 Å². The molecule has 0 spiro atoms. The normalized spacial score (nSPS) is 17.9. The van der Waals surface area contributed by atoms with E-state index in [1.165, 1.54) is 9.28 Å². The van der Waals surface area contributed by atoms with Crippen LogP contribution in [0.4, 0.5) is 0 Å². The standard InChI is InChI=1S/C18H20N4O2S/c23-16(7-6-13-4-3-11-25-13)21-9-2-1-5-15(21)14-12-17(24)22-10-8-19-18(22)20-14/h3-4,8,10-12,15H,1-2,5-7,9H2,(H,19,20)/t15-/m0/s1. The SMILES string of the molecule is O=C(CCc1cccs1)N1CCCC[C@H]1c1cc(=O)n2ccnc2[nH]1. The maximum Gasteiger partial charge on any atom is 0.259 e. The molecule has 0 radical (unpaired) electrons. The van der Waals surface area contributed by atoms with E-state index in [0.29, 0.717) is 12.2 Å². The van der Waals surface area contributed by atoms with Crippen molar-refractivity contribution >= 4 is 23.0 Å². The van der Waals surface area contributed by atoms with Gasteiger partial charge in [0.2, 0.25) is 11.7 Å². The Morgan fingerprint density at radius 1 is 1.40 bits per heavy atom. The Morgan fingerprint density at radius 2 is 2.32 bits per heavy atom. The van der Waals surface area contributed by atoms with E-state index in [-0.39, 0.29) is 17.5 Å². The average Bonchev–Trinajstić information content (AvgIpc) is 3.31. The summed E-state index contributed by atoms with van der Waals surface area (Å²) in [7, 11) is 0. The molecular weight excluding hydrogens is 336 g/mol. The number of fused-ring (bicyclic) bond motifs is 1. The third-order valence-corrected chi connectivity index (χ3v) is 5.70. The van der Waals surface area contributed by atoms with Crippen molar-refractivity contribution < 1.29 is 4.79 Å². The molecular formula is C18H20N4O2S. The highest BCUT2D eigenvalue weighted by molar-refractivity contribution is 7.09. The fraction of sp³-hybridized carbons (Fsp3) is 0.389. The lowest BCUT2D eigenvalue weighted by Crippen LogP contribution is -2.39. The summed E-state index contributed by atoms with van der Waals surface area (Å²) in [6.07, 6.45) is 7.46. The first-order valence-corrected chi connectivity index (χ1v) is 9.48. The highest BCUT2D eigenvalue weighted by Crippen LogP contribution is 2.30. The molecule has 6 nitrogen and oxygen atoms in total. The Labute approximate surface area is 149 Å². The summed E-state index contributed by atoms with van der Waals surface area (Å²) in [5, 5.41) is 2.04. The number of aryl methyl sites for hydroxylation is 1. The number of aromatic nitrogens is 3. The lowest BCUT2D eigenvalue weighted by atomic mass is 9.98. The summed E-state index contributed by atoms with van der Waals surface area (Å²) < 4.78 is 1.48. The maximum atomic E-state index is 12.8. The minimum atomic E-state index is -0.113. The van der Waals surface area contributed by atoms with Gasteiger partial charge < -0.3 is 9.88 Å². The van der Waals surface area contributed by atoms with E-state index < -0.39 is 0 Å². The van der Waals surface area contributed by atoms with E-state index in [2.05, 4.69) is 16.0 Å². The molecule has 0 aromatic carbocycles. The second kappa shape index (κ2) is 6.84. The van der Waals surface area contributed by atoms with Gasteiger partial charge in [-0.15, -0.1) is 11.3 Å². The van der Waals surface area contributed by atoms with E-state index in [4.69, 9.17) is 0 Å². The second-order valence-corrected chi connectivity index (χ2v) is 7.39. The van der Waals surface area contributed by atoms with Crippen LogP contribution in [0.3, 0.4) is 0 Å². The van der Waals surface area contributed by atoms with Crippen LogP contribution in [0.2, 0.25) is 0 Å². The first-order chi connectivity index (χ1) is 12.2. The topological polar surface area (TPSA) is 70.5 Å². The van der Waals surface area contributed by atoms with Gasteiger partial charge in [-0.05, 0) is 37.1 Å². The molecule has 0 saturated carbocycles. The molecule has 1 amide bonds. The van der Waals surface area contributed by atoms with Crippen molar-refractivity contribution in [3.8, 4) is 0 Å². The van der Waals surface area contributed by atoms with E-state index in [1.54, 1.807) is 29.8 Å². The zero-order chi connectivity index (χ0) is 17.2. The lowest BCUT2D eigenvalue weighted by Gasteiger charge is -2.35. The minimum Gasteiger partial charge on any atom is -0.334 e. The fourth-order valence-corrected chi connectivity index (χ4v) is 4.21. The average molecular weight is 356 g/mol. The van der Waals surface area contributed by atoms with E-state index in [1.807, 2.05) is 16.3 Å². The number of piperidine rings is 1. The molecule has 1 fully saturated rings. The molecule has 3 aromatic heterocycles. The molecule has 3 aromatic rings. The van der Waals surface area contributed by atoms with E-state index >= 15 is 0 Å². The summed E-state index contributed by atoms with van der Waals surface area (Å²) in [5.41, 5.74) is 0.672. The molecule has 7 heteroatoms. The van der Waals surface area contributed by atoms with Crippen LogP contribution in [-0.2, 0) is 11.2 Å². The molecule has 0 bridgehead atoms. The molecule has 130 valence electrons. The Kier molecular flexibility index (Phi) is 4.40.